The number of rotatable bonds is 12. The van der Waals surface area contributed by atoms with Gasteiger partial charge >= 0.3 is 0 Å². The number of benzene rings is 2. The van der Waals surface area contributed by atoms with E-state index in [1.807, 2.05) is 13.0 Å². The Kier molecular flexibility index (Phi) is 9.07. The van der Waals surface area contributed by atoms with Crippen LogP contribution in [0.5, 0.6) is 0 Å². The summed E-state index contributed by atoms with van der Waals surface area (Å²) in [6.45, 7) is 2.98. The van der Waals surface area contributed by atoms with Crippen molar-refractivity contribution in [2.24, 2.45) is 0 Å². The van der Waals surface area contributed by atoms with Gasteiger partial charge in [-0.05, 0) is 37.0 Å². The number of para-hydroxylation sites is 2. The summed E-state index contributed by atoms with van der Waals surface area (Å²) < 4.78 is 37.2. The molecule has 0 bridgehead atoms. The van der Waals surface area contributed by atoms with Gasteiger partial charge in [0.25, 0.3) is 5.89 Å². The van der Waals surface area contributed by atoms with E-state index in [0.29, 0.717) is 55.6 Å². The maximum absolute atomic E-state index is 13.5. The number of amides is 1. The number of oxazole rings is 1. The summed E-state index contributed by atoms with van der Waals surface area (Å²) >= 11 is 0. The molecule has 2 heterocycles. The molecule has 2 atom stereocenters. The van der Waals surface area contributed by atoms with Crippen molar-refractivity contribution < 1.29 is 27.2 Å². The fourth-order valence-electron chi connectivity index (χ4n) is 4.45. The number of Topliss-reactive ketones (excluding diaryl/α,β-unsaturated/α-hetero) is 1. The van der Waals surface area contributed by atoms with E-state index in [2.05, 4.69) is 15.6 Å². The van der Waals surface area contributed by atoms with Crippen LogP contribution in [0.25, 0.3) is 11.1 Å². The molecule has 2 N–H and O–H groups in total. The predicted octanol–water partition coefficient (Wildman–Crippen LogP) is 3.05. The van der Waals surface area contributed by atoms with E-state index in [-0.39, 0.29) is 23.4 Å². The average Bonchev–Trinajstić information content (AvgIpc) is 3.33. The highest BCUT2D eigenvalue weighted by atomic mass is 32.2. The number of nitrogens with zero attached hydrogens (tertiary/aromatic N) is 1. The van der Waals surface area contributed by atoms with Crippen molar-refractivity contribution in [3.63, 3.8) is 0 Å². The molecular formula is C27H33N3O6S. The van der Waals surface area contributed by atoms with E-state index in [1.54, 1.807) is 48.5 Å². The molecule has 1 fully saturated rings. The molecular weight excluding hydrogens is 494 g/mol. The van der Waals surface area contributed by atoms with E-state index in [0.717, 1.165) is 0 Å². The zero-order chi connectivity index (χ0) is 26.3. The molecule has 1 aromatic heterocycles. The van der Waals surface area contributed by atoms with Crippen molar-refractivity contribution in [3.8, 4) is 0 Å². The molecule has 4 rings (SSSR count). The summed E-state index contributed by atoms with van der Waals surface area (Å²) in [5.74, 6) is -1.62. The molecule has 9 nitrogen and oxygen atoms in total. The summed E-state index contributed by atoms with van der Waals surface area (Å²) in [5.41, 5.74) is 1.69. The van der Waals surface area contributed by atoms with Crippen LogP contribution in [0, 0.1) is 0 Å². The summed E-state index contributed by atoms with van der Waals surface area (Å²) in [6.07, 6.45) is 2.33. The standard InChI is InChI=1S/C27H33N3O6S/c1-2-8-22(25(31)27-30-21-11-6-7-12-24(21)36-27)29-26(32)23(28-20-13-15-35-16-14-20)18-37(33,34)17-19-9-4-3-5-10-19/h3-7,9-12,20,22-23,28H,2,8,13-18H2,1H3,(H,29,32)/t22-,23-/m0/s1. The summed E-state index contributed by atoms with van der Waals surface area (Å²) in [4.78, 5) is 31.0. The first-order valence-corrected chi connectivity index (χ1v) is 14.4. The molecule has 0 aliphatic carbocycles. The monoisotopic (exact) mass is 527 g/mol. The Balaban J connectivity index is 1.51. The van der Waals surface area contributed by atoms with Crippen LogP contribution >= 0.6 is 0 Å². The van der Waals surface area contributed by atoms with Crippen LogP contribution in [0.2, 0.25) is 0 Å². The molecule has 1 aliphatic heterocycles. The fraction of sp³-hybridized carbons (Fsp3) is 0.444. The van der Waals surface area contributed by atoms with Crippen molar-refractivity contribution in [1.29, 1.82) is 0 Å². The number of hydrogen-bond acceptors (Lipinski definition) is 8. The van der Waals surface area contributed by atoms with Crippen molar-refractivity contribution in [1.82, 2.24) is 15.6 Å². The van der Waals surface area contributed by atoms with Crippen molar-refractivity contribution in [2.75, 3.05) is 19.0 Å². The molecule has 37 heavy (non-hydrogen) atoms. The Morgan fingerprint density at radius 3 is 2.43 bits per heavy atom. The Morgan fingerprint density at radius 1 is 1.03 bits per heavy atom. The highest BCUT2D eigenvalue weighted by molar-refractivity contribution is 7.90. The topological polar surface area (TPSA) is 128 Å². The van der Waals surface area contributed by atoms with E-state index in [1.165, 1.54) is 0 Å². The zero-order valence-electron chi connectivity index (χ0n) is 20.9. The number of nitrogens with one attached hydrogen (secondary N) is 2. The number of hydrogen-bond donors (Lipinski definition) is 2. The van der Waals surface area contributed by atoms with E-state index >= 15 is 0 Å². The van der Waals surface area contributed by atoms with Crippen molar-refractivity contribution >= 4 is 32.6 Å². The second-order valence-electron chi connectivity index (χ2n) is 9.35. The Hall–Kier alpha value is -3.08. The SMILES string of the molecule is CCC[C@H](NC(=O)[C@H](CS(=O)(=O)Cc1ccccc1)NC1CCOCC1)C(=O)c1nc2ccccc2o1. The van der Waals surface area contributed by atoms with E-state index in [4.69, 9.17) is 9.15 Å². The van der Waals surface area contributed by atoms with Gasteiger partial charge in [0.05, 0.1) is 17.5 Å². The highest BCUT2D eigenvalue weighted by Gasteiger charge is 2.33. The van der Waals surface area contributed by atoms with Gasteiger partial charge in [0.15, 0.2) is 15.4 Å². The van der Waals surface area contributed by atoms with Gasteiger partial charge < -0.3 is 19.8 Å². The van der Waals surface area contributed by atoms with Gasteiger partial charge in [0.1, 0.15) is 11.6 Å². The van der Waals surface area contributed by atoms with Crippen LogP contribution in [-0.4, -0.2) is 62.2 Å². The van der Waals surface area contributed by atoms with Crippen LogP contribution in [0.1, 0.15) is 48.9 Å². The van der Waals surface area contributed by atoms with Crippen LogP contribution in [-0.2, 0) is 25.1 Å². The van der Waals surface area contributed by atoms with Crippen LogP contribution < -0.4 is 10.6 Å². The lowest BCUT2D eigenvalue weighted by Gasteiger charge is -2.29. The summed E-state index contributed by atoms with van der Waals surface area (Å²) in [5, 5.41) is 6.01. The number of aromatic nitrogens is 1. The maximum Gasteiger partial charge on any atom is 0.266 e. The Bertz CT molecular complexity index is 1270. The highest BCUT2D eigenvalue weighted by Crippen LogP contribution is 2.18. The third-order valence-electron chi connectivity index (χ3n) is 6.34. The van der Waals surface area contributed by atoms with E-state index in [9.17, 15) is 18.0 Å². The second kappa shape index (κ2) is 12.4. The molecule has 1 amide bonds. The lowest BCUT2D eigenvalue weighted by Crippen LogP contribution is -2.55. The molecule has 0 radical (unpaired) electrons. The molecule has 0 unspecified atom stereocenters. The zero-order valence-corrected chi connectivity index (χ0v) is 21.7. The molecule has 0 spiro atoms. The van der Waals surface area contributed by atoms with Gasteiger partial charge in [-0.15, -0.1) is 0 Å². The Labute approximate surface area is 216 Å². The molecule has 198 valence electrons. The first-order valence-electron chi connectivity index (χ1n) is 12.6. The van der Waals surface area contributed by atoms with Crippen molar-refractivity contribution in [2.45, 2.75) is 56.5 Å². The molecule has 3 aromatic rings. The number of fused-ring (bicyclic) bond motifs is 1. The average molecular weight is 528 g/mol. The predicted molar refractivity (Wildman–Crippen MR) is 140 cm³/mol. The number of carbonyl (C=O) groups excluding carboxylic acids is 2. The minimum Gasteiger partial charge on any atom is -0.434 e. The van der Waals surface area contributed by atoms with Gasteiger partial charge in [-0.25, -0.2) is 13.4 Å². The van der Waals surface area contributed by atoms with Gasteiger partial charge in [-0.1, -0.05) is 55.8 Å². The number of ketones is 1. The minimum atomic E-state index is -3.64. The van der Waals surface area contributed by atoms with E-state index < -0.39 is 33.6 Å². The summed E-state index contributed by atoms with van der Waals surface area (Å²) in [6, 6.07) is 14.0. The van der Waals surface area contributed by atoms with Gasteiger partial charge in [0.2, 0.25) is 11.7 Å². The van der Waals surface area contributed by atoms with Gasteiger partial charge in [-0.3, -0.25) is 9.59 Å². The minimum absolute atomic E-state index is 0.0613. The quantitative estimate of drug-likeness (QED) is 0.344. The smallest absolute Gasteiger partial charge is 0.266 e. The number of sulfone groups is 1. The number of carbonyl (C=O) groups is 2. The molecule has 10 heteroatoms. The summed E-state index contributed by atoms with van der Waals surface area (Å²) in [7, 11) is -3.64. The Morgan fingerprint density at radius 2 is 1.73 bits per heavy atom. The van der Waals surface area contributed by atoms with Crippen LogP contribution in [0.4, 0.5) is 0 Å². The molecule has 0 saturated carbocycles. The lowest BCUT2D eigenvalue weighted by molar-refractivity contribution is -0.123. The first-order chi connectivity index (χ1) is 17.8. The molecule has 1 aliphatic rings. The normalized spacial score (nSPS) is 16.4. The first kappa shape index (κ1) is 27.0. The third kappa shape index (κ3) is 7.47. The lowest BCUT2D eigenvalue weighted by atomic mass is 10.1. The molecule has 2 aromatic carbocycles. The van der Waals surface area contributed by atoms with Gasteiger partial charge in [-0.2, -0.15) is 0 Å². The maximum atomic E-state index is 13.5. The number of ether oxygens (including phenoxy) is 1. The largest absolute Gasteiger partial charge is 0.434 e. The molecule has 1 saturated heterocycles. The van der Waals surface area contributed by atoms with Crippen LogP contribution in [0.15, 0.2) is 59.0 Å². The third-order valence-corrected chi connectivity index (χ3v) is 7.95. The van der Waals surface area contributed by atoms with Crippen LogP contribution in [0.3, 0.4) is 0 Å². The fourth-order valence-corrected chi connectivity index (χ4v) is 6.02. The van der Waals surface area contributed by atoms with Gasteiger partial charge in [0, 0.05) is 19.3 Å². The second-order valence-corrected chi connectivity index (χ2v) is 11.5. The van der Waals surface area contributed by atoms with Crippen molar-refractivity contribution in [3.05, 3.63) is 66.1 Å².